The minimum atomic E-state index is 0.514. The molecule has 0 aliphatic heterocycles. The highest BCUT2D eigenvalue weighted by Crippen LogP contribution is 2.37. The molecule has 1 unspecified atom stereocenters. The van der Waals surface area contributed by atoms with Crippen molar-refractivity contribution in [1.29, 1.82) is 0 Å². The smallest absolute Gasteiger partial charge is 0.0408 e. The van der Waals surface area contributed by atoms with Gasteiger partial charge in [0.15, 0.2) is 0 Å². The molecule has 1 atom stereocenters. The molecule has 1 aliphatic rings. The van der Waals surface area contributed by atoms with Crippen molar-refractivity contribution in [1.82, 2.24) is 5.32 Å². The maximum Gasteiger partial charge on any atom is 0.0408 e. The van der Waals surface area contributed by atoms with Gasteiger partial charge in [-0.3, -0.25) is 0 Å². The van der Waals surface area contributed by atoms with Crippen molar-refractivity contribution in [2.24, 2.45) is 5.92 Å². The summed E-state index contributed by atoms with van der Waals surface area (Å²) in [4.78, 5) is 0. The molecule has 0 saturated heterocycles. The normalized spacial score (nSPS) is 18.5. The average Bonchev–Trinajstić information content (AvgIpc) is 2.80. The summed E-state index contributed by atoms with van der Waals surface area (Å²) in [6, 6.07) is 6.81. The van der Waals surface area contributed by atoms with Crippen molar-refractivity contribution in [3.05, 3.63) is 34.3 Å². The lowest BCUT2D eigenvalue weighted by atomic mass is 9.89. The van der Waals surface area contributed by atoms with Crippen molar-refractivity contribution in [2.45, 2.75) is 45.6 Å². The Kier molecular flexibility index (Phi) is 4.47. The molecule has 1 saturated carbocycles. The van der Waals surface area contributed by atoms with Crippen LogP contribution >= 0.6 is 11.6 Å². The largest absolute Gasteiger partial charge is 0.310 e. The fourth-order valence-electron chi connectivity index (χ4n) is 3.03. The van der Waals surface area contributed by atoms with Gasteiger partial charge < -0.3 is 5.32 Å². The summed E-state index contributed by atoms with van der Waals surface area (Å²) < 4.78 is 0. The lowest BCUT2D eigenvalue weighted by Crippen LogP contribution is -2.27. The van der Waals surface area contributed by atoms with Crippen LogP contribution < -0.4 is 5.32 Å². The number of aryl methyl sites for hydroxylation is 1. The van der Waals surface area contributed by atoms with Crippen molar-refractivity contribution in [3.63, 3.8) is 0 Å². The summed E-state index contributed by atoms with van der Waals surface area (Å²) in [6.07, 6.45) is 5.50. The monoisotopic (exact) mass is 251 g/mol. The van der Waals surface area contributed by atoms with Crippen LogP contribution in [0, 0.1) is 12.8 Å². The van der Waals surface area contributed by atoms with Gasteiger partial charge in [-0.25, -0.2) is 0 Å². The van der Waals surface area contributed by atoms with Gasteiger partial charge in [-0.05, 0) is 55.5 Å². The Morgan fingerprint density at radius 2 is 2.06 bits per heavy atom. The molecule has 1 aliphatic carbocycles. The molecule has 2 heteroatoms. The van der Waals surface area contributed by atoms with E-state index < -0.39 is 0 Å². The van der Waals surface area contributed by atoms with Crippen LogP contribution in [0.15, 0.2) is 18.2 Å². The Morgan fingerprint density at radius 1 is 1.35 bits per heavy atom. The van der Waals surface area contributed by atoms with E-state index in [-0.39, 0.29) is 0 Å². The lowest BCUT2D eigenvalue weighted by Gasteiger charge is -2.26. The van der Waals surface area contributed by atoms with Gasteiger partial charge in [0, 0.05) is 11.1 Å². The van der Waals surface area contributed by atoms with E-state index in [1.54, 1.807) is 0 Å². The van der Waals surface area contributed by atoms with Gasteiger partial charge in [0.05, 0.1) is 0 Å². The molecule has 2 rings (SSSR count). The minimum Gasteiger partial charge on any atom is -0.310 e. The first-order valence-electron chi connectivity index (χ1n) is 6.71. The summed E-state index contributed by atoms with van der Waals surface area (Å²) in [7, 11) is 0. The summed E-state index contributed by atoms with van der Waals surface area (Å²) in [5.41, 5.74) is 2.75. The van der Waals surface area contributed by atoms with Crippen molar-refractivity contribution in [2.75, 3.05) is 6.54 Å². The number of halogens is 1. The zero-order valence-corrected chi connectivity index (χ0v) is 11.6. The molecular weight excluding hydrogens is 230 g/mol. The fraction of sp³-hybridized carbons (Fsp3) is 0.600. The summed E-state index contributed by atoms with van der Waals surface area (Å²) in [6.45, 7) is 5.39. The second-order valence-electron chi connectivity index (χ2n) is 5.08. The first kappa shape index (κ1) is 12.9. The molecule has 0 amide bonds. The van der Waals surface area contributed by atoms with Gasteiger partial charge in [0.2, 0.25) is 0 Å². The first-order valence-corrected chi connectivity index (χ1v) is 7.09. The SMILES string of the molecule is CCNC(c1ccc(Cl)cc1C)C1CCCC1. The summed E-state index contributed by atoms with van der Waals surface area (Å²) in [5, 5.41) is 4.50. The van der Waals surface area contributed by atoms with Crippen molar-refractivity contribution < 1.29 is 0 Å². The molecule has 0 spiro atoms. The van der Waals surface area contributed by atoms with Crippen LogP contribution in [0.25, 0.3) is 0 Å². The number of hydrogen-bond donors (Lipinski definition) is 1. The molecule has 17 heavy (non-hydrogen) atoms. The zero-order valence-electron chi connectivity index (χ0n) is 10.8. The molecule has 1 fully saturated rings. The lowest BCUT2D eigenvalue weighted by molar-refractivity contribution is 0.373. The van der Waals surface area contributed by atoms with Crippen LogP contribution in [0.1, 0.15) is 49.8 Å². The Morgan fingerprint density at radius 3 is 2.65 bits per heavy atom. The van der Waals surface area contributed by atoms with E-state index in [4.69, 9.17) is 11.6 Å². The average molecular weight is 252 g/mol. The molecular formula is C15H22ClN. The molecule has 94 valence electrons. The Bertz CT molecular complexity index is 369. The predicted molar refractivity (Wildman–Crippen MR) is 74.6 cm³/mol. The van der Waals surface area contributed by atoms with Gasteiger partial charge in [-0.15, -0.1) is 0 Å². The van der Waals surface area contributed by atoms with E-state index in [2.05, 4.69) is 31.3 Å². The number of hydrogen-bond acceptors (Lipinski definition) is 1. The Labute approximate surface area is 110 Å². The Hall–Kier alpha value is -0.530. The standard InChI is InChI=1S/C15H22ClN/c1-3-17-15(12-6-4-5-7-12)14-9-8-13(16)10-11(14)2/h8-10,12,15,17H,3-7H2,1-2H3. The summed E-state index contributed by atoms with van der Waals surface area (Å²) >= 11 is 6.04. The van der Waals surface area contributed by atoms with Gasteiger partial charge in [-0.1, -0.05) is 37.4 Å². The van der Waals surface area contributed by atoms with Crippen LogP contribution in [0.5, 0.6) is 0 Å². The maximum atomic E-state index is 6.04. The molecule has 0 bridgehead atoms. The highest BCUT2D eigenvalue weighted by molar-refractivity contribution is 6.30. The van der Waals surface area contributed by atoms with E-state index in [1.807, 2.05) is 6.07 Å². The Balaban J connectivity index is 2.24. The van der Waals surface area contributed by atoms with Crippen LogP contribution in [0.3, 0.4) is 0 Å². The molecule has 1 aromatic carbocycles. The third-order valence-corrected chi connectivity index (χ3v) is 4.10. The van der Waals surface area contributed by atoms with E-state index >= 15 is 0 Å². The summed E-state index contributed by atoms with van der Waals surface area (Å²) in [5.74, 6) is 0.801. The third-order valence-electron chi connectivity index (χ3n) is 3.86. The quantitative estimate of drug-likeness (QED) is 0.832. The maximum absolute atomic E-state index is 6.04. The fourth-order valence-corrected chi connectivity index (χ4v) is 3.26. The van der Waals surface area contributed by atoms with Crippen LogP contribution in [-0.4, -0.2) is 6.54 Å². The van der Waals surface area contributed by atoms with Crippen LogP contribution in [0.2, 0.25) is 5.02 Å². The predicted octanol–water partition coefficient (Wildman–Crippen LogP) is 4.49. The van der Waals surface area contributed by atoms with E-state index in [0.717, 1.165) is 17.5 Å². The highest BCUT2D eigenvalue weighted by Gasteiger charge is 2.26. The first-order chi connectivity index (χ1) is 8.22. The van der Waals surface area contributed by atoms with Gasteiger partial charge >= 0.3 is 0 Å². The number of nitrogens with one attached hydrogen (secondary N) is 1. The van der Waals surface area contributed by atoms with Gasteiger partial charge in [-0.2, -0.15) is 0 Å². The molecule has 0 heterocycles. The van der Waals surface area contributed by atoms with Crippen molar-refractivity contribution in [3.8, 4) is 0 Å². The zero-order chi connectivity index (χ0) is 12.3. The highest BCUT2D eigenvalue weighted by atomic mass is 35.5. The molecule has 0 aromatic heterocycles. The minimum absolute atomic E-state index is 0.514. The molecule has 1 nitrogen and oxygen atoms in total. The van der Waals surface area contributed by atoms with E-state index in [9.17, 15) is 0 Å². The molecule has 1 aromatic rings. The van der Waals surface area contributed by atoms with Crippen LogP contribution in [0.4, 0.5) is 0 Å². The van der Waals surface area contributed by atoms with Gasteiger partial charge in [0.25, 0.3) is 0 Å². The van der Waals surface area contributed by atoms with E-state index in [1.165, 1.54) is 36.8 Å². The van der Waals surface area contributed by atoms with Crippen LogP contribution in [-0.2, 0) is 0 Å². The molecule has 1 N–H and O–H groups in total. The molecule has 0 radical (unpaired) electrons. The number of benzene rings is 1. The number of rotatable bonds is 4. The van der Waals surface area contributed by atoms with Gasteiger partial charge in [0.1, 0.15) is 0 Å². The second-order valence-corrected chi connectivity index (χ2v) is 5.52. The van der Waals surface area contributed by atoms with E-state index in [0.29, 0.717) is 6.04 Å². The second kappa shape index (κ2) is 5.88. The third kappa shape index (κ3) is 3.02. The van der Waals surface area contributed by atoms with Crippen molar-refractivity contribution >= 4 is 11.6 Å². The topological polar surface area (TPSA) is 12.0 Å².